The van der Waals surface area contributed by atoms with Crippen LogP contribution in [0.3, 0.4) is 0 Å². The fraction of sp³-hybridized carbons (Fsp3) is 0.238. The Morgan fingerprint density at radius 1 is 0.964 bits per heavy atom. The highest BCUT2D eigenvalue weighted by atomic mass is 32.2. The number of thioether (sulfide) groups is 1. The van der Waals surface area contributed by atoms with Gasteiger partial charge in [0.25, 0.3) is 17.5 Å². The first kappa shape index (κ1) is 19.8. The number of hydrogen-bond acceptors (Lipinski definition) is 5. The van der Waals surface area contributed by atoms with Crippen LogP contribution in [-0.4, -0.2) is 22.0 Å². The Morgan fingerprint density at radius 2 is 1.54 bits per heavy atom. The minimum absolute atomic E-state index is 0.0645. The number of imide groups is 1. The number of amides is 2. The summed E-state index contributed by atoms with van der Waals surface area (Å²) in [7, 11) is 0. The predicted octanol–water partition coefficient (Wildman–Crippen LogP) is 4.64. The summed E-state index contributed by atoms with van der Waals surface area (Å²) in [6, 6.07) is 11.3. The highest BCUT2D eigenvalue weighted by Crippen LogP contribution is 2.40. The van der Waals surface area contributed by atoms with Gasteiger partial charge in [0.2, 0.25) is 0 Å². The molecule has 3 rings (SSSR count). The van der Waals surface area contributed by atoms with E-state index >= 15 is 0 Å². The maximum absolute atomic E-state index is 13.3. The van der Waals surface area contributed by atoms with Gasteiger partial charge in [-0.3, -0.25) is 19.7 Å². The Labute approximate surface area is 167 Å². The van der Waals surface area contributed by atoms with Gasteiger partial charge in [0.1, 0.15) is 0 Å². The normalized spacial score (nSPS) is 14.4. The first-order valence-electron chi connectivity index (χ1n) is 8.82. The molecule has 2 aromatic carbocycles. The molecular weight excluding hydrogens is 376 g/mol. The van der Waals surface area contributed by atoms with Crippen LogP contribution < -0.4 is 4.90 Å². The average molecular weight is 396 g/mol. The average Bonchev–Trinajstić information content (AvgIpc) is 2.84. The standard InChI is InChI=1S/C21H20N2O4S/c1-12(2)28-19-18(15-5-7-16(8-6-15)23(26)27)20(24)22(21(19)25)17-10-13(3)9-14(4)11-17/h5-12H,1-4H3. The van der Waals surface area contributed by atoms with Crippen LogP contribution in [0.15, 0.2) is 47.4 Å². The van der Waals surface area contributed by atoms with Crippen molar-refractivity contribution in [3.8, 4) is 0 Å². The van der Waals surface area contributed by atoms with Crippen LogP contribution in [0.5, 0.6) is 0 Å². The van der Waals surface area contributed by atoms with E-state index in [1.165, 1.54) is 40.9 Å². The molecule has 28 heavy (non-hydrogen) atoms. The monoisotopic (exact) mass is 396 g/mol. The zero-order chi connectivity index (χ0) is 20.6. The number of anilines is 1. The van der Waals surface area contributed by atoms with E-state index in [0.717, 1.165) is 11.1 Å². The lowest BCUT2D eigenvalue weighted by Gasteiger charge is -2.17. The number of benzene rings is 2. The minimum atomic E-state index is -0.495. The summed E-state index contributed by atoms with van der Waals surface area (Å²) in [6.45, 7) is 7.72. The van der Waals surface area contributed by atoms with E-state index in [0.29, 0.717) is 16.2 Å². The number of nitro groups is 1. The largest absolute Gasteiger partial charge is 0.272 e. The molecule has 0 spiro atoms. The summed E-state index contributed by atoms with van der Waals surface area (Å²) in [6.07, 6.45) is 0. The SMILES string of the molecule is Cc1cc(C)cc(N2C(=O)C(SC(C)C)=C(c3ccc([N+](=O)[O-])cc3)C2=O)c1. The summed E-state index contributed by atoms with van der Waals surface area (Å²) in [5.74, 6) is -0.769. The van der Waals surface area contributed by atoms with E-state index in [2.05, 4.69) is 0 Å². The van der Waals surface area contributed by atoms with E-state index in [4.69, 9.17) is 0 Å². The second-order valence-electron chi connectivity index (χ2n) is 6.97. The zero-order valence-corrected chi connectivity index (χ0v) is 16.9. The molecule has 1 aliphatic rings. The molecule has 6 nitrogen and oxygen atoms in total. The summed E-state index contributed by atoms with van der Waals surface area (Å²) < 4.78 is 0. The minimum Gasteiger partial charge on any atom is -0.268 e. The highest BCUT2D eigenvalue weighted by molar-refractivity contribution is 8.04. The Hall–Kier alpha value is -2.93. The number of non-ortho nitro benzene ring substituents is 1. The van der Waals surface area contributed by atoms with Crippen molar-refractivity contribution in [2.24, 2.45) is 0 Å². The third-order valence-corrected chi connectivity index (χ3v) is 5.31. The van der Waals surface area contributed by atoms with Gasteiger partial charge in [-0.1, -0.05) is 19.9 Å². The van der Waals surface area contributed by atoms with Crippen LogP contribution >= 0.6 is 11.8 Å². The Kier molecular flexibility index (Phi) is 5.38. The fourth-order valence-electron chi connectivity index (χ4n) is 3.17. The predicted molar refractivity (Wildman–Crippen MR) is 111 cm³/mol. The summed E-state index contributed by atoms with van der Waals surface area (Å²) >= 11 is 1.33. The molecule has 144 valence electrons. The molecule has 0 N–H and O–H groups in total. The number of carbonyl (C=O) groups excluding carboxylic acids is 2. The van der Waals surface area contributed by atoms with E-state index in [1.54, 1.807) is 12.1 Å². The number of carbonyl (C=O) groups is 2. The van der Waals surface area contributed by atoms with Crippen LogP contribution in [0.4, 0.5) is 11.4 Å². The molecule has 0 radical (unpaired) electrons. The first-order valence-corrected chi connectivity index (χ1v) is 9.70. The molecule has 0 saturated carbocycles. The highest BCUT2D eigenvalue weighted by Gasteiger charge is 2.40. The van der Waals surface area contributed by atoms with Crippen LogP contribution in [0.25, 0.3) is 5.57 Å². The van der Waals surface area contributed by atoms with Gasteiger partial charge in [0.05, 0.1) is 21.1 Å². The smallest absolute Gasteiger partial charge is 0.268 e. The molecule has 0 bridgehead atoms. The molecule has 1 aliphatic heterocycles. The van der Waals surface area contributed by atoms with Crippen LogP contribution in [0.2, 0.25) is 0 Å². The number of aryl methyl sites for hydroxylation is 2. The molecule has 0 aliphatic carbocycles. The van der Waals surface area contributed by atoms with Crippen molar-refractivity contribution < 1.29 is 14.5 Å². The molecule has 2 aromatic rings. The van der Waals surface area contributed by atoms with Crippen molar-refractivity contribution in [3.05, 3.63) is 74.2 Å². The van der Waals surface area contributed by atoms with Crippen LogP contribution in [0.1, 0.15) is 30.5 Å². The van der Waals surface area contributed by atoms with Gasteiger partial charge < -0.3 is 0 Å². The molecular formula is C21H20N2O4S. The summed E-state index contributed by atoms with van der Waals surface area (Å²) in [4.78, 5) is 38.4. The molecule has 0 atom stereocenters. The van der Waals surface area contributed by atoms with Crippen molar-refractivity contribution in [2.45, 2.75) is 32.9 Å². The third-order valence-electron chi connectivity index (χ3n) is 4.23. The molecule has 7 heteroatoms. The topological polar surface area (TPSA) is 80.5 Å². The van der Waals surface area contributed by atoms with Gasteiger partial charge in [-0.25, -0.2) is 4.90 Å². The molecule has 0 aromatic heterocycles. The first-order chi connectivity index (χ1) is 13.2. The van der Waals surface area contributed by atoms with Gasteiger partial charge in [-0.05, 0) is 54.8 Å². The maximum Gasteiger partial charge on any atom is 0.272 e. The van der Waals surface area contributed by atoms with Crippen molar-refractivity contribution in [2.75, 3.05) is 4.90 Å². The molecule has 2 amide bonds. The Morgan fingerprint density at radius 3 is 2.04 bits per heavy atom. The van der Waals surface area contributed by atoms with E-state index in [-0.39, 0.29) is 22.4 Å². The van der Waals surface area contributed by atoms with Crippen molar-refractivity contribution in [1.29, 1.82) is 0 Å². The van der Waals surface area contributed by atoms with E-state index < -0.39 is 10.8 Å². The van der Waals surface area contributed by atoms with Crippen molar-refractivity contribution >= 4 is 40.5 Å². The van der Waals surface area contributed by atoms with Gasteiger partial charge in [0.15, 0.2) is 0 Å². The van der Waals surface area contributed by atoms with Gasteiger partial charge in [0, 0.05) is 17.4 Å². The second-order valence-corrected chi connectivity index (χ2v) is 8.55. The van der Waals surface area contributed by atoms with Gasteiger partial charge in [-0.15, -0.1) is 11.8 Å². The molecule has 0 fully saturated rings. The second kappa shape index (κ2) is 7.59. The number of rotatable bonds is 5. The van der Waals surface area contributed by atoms with Crippen molar-refractivity contribution in [3.63, 3.8) is 0 Å². The Balaban J connectivity index is 2.11. The zero-order valence-electron chi connectivity index (χ0n) is 16.1. The van der Waals surface area contributed by atoms with Crippen LogP contribution in [-0.2, 0) is 9.59 Å². The maximum atomic E-state index is 13.3. The molecule has 0 unspecified atom stereocenters. The van der Waals surface area contributed by atoms with Gasteiger partial charge >= 0.3 is 0 Å². The van der Waals surface area contributed by atoms with Gasteiger partial charge in [-0.2, -0.15) is 0 Å². The molecule has 0 saturated heterocycles. The lowest BCUT2D eigenvalue weighted by molar-refractivity contribution is -0.384. The quantitative estimate of drug-likeness (QED) is 0.418. The summed E-state index contributed by atoms with van der Waals surface area (Å²) in [5, 5.41) is 11.0. The fourth-order valence-corrected chi connectivity index (χ4v) is 4.16. The third kappa shape index (κ3) is 3.71. The molecule has 1 heterocycles. The van der Waals surface area contributed by atoms with Crippen molar-refractivity contribution in [1.82, 2.24) is 0 Å². The lowest BCUT2D eigenvalue weighted by atomic mass is 10.1. The van der Waals surface area contributed by atoms with E-state index in [1.807, 2.05) is 33.8 Å². The van der Waals surface area contributed by atoms with Crippen LogP contribution in [0, 0.1) is 24.0 Å². The number of nitro benzene ring substituents is 1. The van der Waals surface area contributed by atoms with E-state index in [9.17, 15) is 19.7 Å². The Bertz CT molecular complexity index is 989. The number of nitrogens with zero attached hydrogens (tertiary/aromatic N) is 2. The number of hydrogen-bond donors (Lipinski definition) is 0. The lowest BCUT2D eigenvalue weighted by Crippen LogP contribution is -2.31. The summed E-state index contributed by atoms with van der Waals surface area (Å²) in [5.41, 5.74) is 3.17.